The van der Waals surface area contributed by atoms with Crippen LogP contribution in [0.2, 0.25) is 19.6 Å². The number of carbonyl (C=O) groups excluding carboxylic acids is 8. The number of hydrogen-bond donors (Lipinski definition) is 6. The molecule has 3 fully saturated rings. The summed E-state index contributed by atoms with van der Waals surface area (Å²) in [5.74, 6) is -2.98. The molecule has 6 N–H and O–H groups in total. The van der Waals surface area contributed by atoms with E-state index in [0.717, 1.165) is 33.4 Å². The fourth-order valence-electron chi connectivity index (χ4n) is 13.4. The normalized spacial score (nSPS) is 16.4. The zero-order valence-electron chi connectivity index (χ0n) is 69.1. The van der Waals surface area contributed by atoms with Crippen LogP contribution in [-0.2, 0) is 48.4 Å². The highest BCUT2D eigenvalue weighted by Crippen LogP contribution is 2.34. The first kappa shape index (κ1) is 93.4. The number of H-pyrrole nitrogens is 1. The number of likely N-dealkylation sites (tertiary alicyclic amines) is 2. The van der Waals surface area contributed by atoms with Crippen molar-refractivity contribution in [3.05, 3.63) is 186 Å². The Morgan fingerprint density at radius 3 is 1.16 bits per heavy atom. The highest BCUT2D eigenvalue weighted by molar-refractivity contribution is 9.11. The number of pyridine rings is 3. The van der Waals surface area contributed by atoms with Crippen molar-refractivity contribution in [3.63, 3.8) is 0 Å². The van der Waals surface area contributed by atoms with Crippen molar-refractivity contribution in [3.8, 4) is 45.4 Å². The molecule has 12 aromatic rings. The van der Waals surface area contributed by atoms with Gasteiger partial charge in [0.05, 0.1) is 49.9 Å². The van der Waals surface area contributed by atoms with Crippen molar-refractivity contribution < 1.29 is 70.9 Å². The number of Topliss-reactive ketones (excluding diaryl/α,β-unsaturated/α-hetero) is 3. The van der Waals surface area contributed by atoms with Crippen molar-refractivity contribution in [2.24, 2.45) is 0 Å². The van der Waals surface area contributed by atoms with E-state index < -0.39 is 79.3 Å². The second-order valence-corrected chi connectivity index (χ2v) is 40.0. The minimum Gasteiger partial charge on any atom is -0.480 e. The number of halogens is 7. The number of rotatable bonds is 20. The van der Waals surface area contributed by atoms with Gasteiger partial charge in [0.2, 0.25) is 29.5 Å². The van der Waals surface area contributed by atoms with E-state index in [1.807, 2.05) is 13.0 Å². The highest BCUT2D eigenvalue weighted by Gasteiger charge is 2.42. The monoisotopic (exact) mass is 1940 g/mol. The number of benzene rings is 3. The van der Waals surface area contributed by atoms with Crippen LogP contribution in [0.3, 0.4) is 0 Å². The number of fused-ring (bicyclic) bond motifs is 3. The number of aliphatic carboxylic acids is 1. The maximum absolute atomic E-state index is 14.5. The number of alkyl halides is 3. The molecule has 3 aliphatic rings. The predicted octanol–water partition coefficient (Wildman–Crippen LogP) is 12.4. The zero-order valence-corrected chi connectivity index (χ0v) is 75.6. The van der Waals surface area contributed by atoms with Gasteiger partial charge in [0.1, 0.15) is 106 Å². The van der Waals surface area contributed by atoms with Crippen LogP contribution in [0.25, 0.3) is 66.1 Å². The number of aryl methyl sites for hydroxylation is 3. The number of nitrogens with zero attached hydrogens (tertiary/aromatic N) is 16. The highest BCUT2D eigenvalue weighted by atomic mass is 79.9. The molecule has 3 saturated heterocycles. The second kappa shape index (κ2) is 41.0. The summed E-state index contributed by atoms with van der Waals surface area (Å²) in [6, 6.07) is 24.5. The zero-order chi connectivity index (χ0) is 90.6. The predicted molar refractivity (Wildman–Crippen MR) is 472 cm³/mol. The lowest BCUT2D eigenvalue weighted by molar-refractivity contribution is -0.138. The molecule has 125 heavy (non-hydrogen) atoms. The Morgan fingerprint density at radius 2 is 0.840 bits per heavy atom. The summed E-state index contributed by atoms with van der Waals surface area (Å²) in [7, 11) is 1.82. The molecule has 9 aromatic heterocycles. The SMILES string of the molecule is CC(=O)c1nn(CC(=O)N2C[C@H](F)C[C@H]2C(=O)Nc2nc(Br)ccc2C)c2ccc(-c3cnc(=O)[nH]c3)cc12.COc1ncc(-c2ccc3c(c2)c(C(C)=O)nn3CC(=O)N2C[C@H](F)C[C@H]2C(=O)Nc2nc(Br)ccc2C)cn1.COc1ncc(-c2ccc3c(c2)c(C(C)=O)nn3CC(=O)O)cn1.C[Si](C)(C)Cl.Cc1ccc(Br)nc1NC(=O)[C@@H]1C[C@@H](F)CN1. The lowest BCUT2D eigenvalue weighted by atomic mass is 10.0. The van der Waals surface area contributed by atoms with E-state index >= 15 is 0 Å². The number of aromatic nitrogens is 15. The van der Waals surface area contributed by atoms with E-state index in [1.54, 1.807) is 124 Å². The van der Waals surface area contributed by atoms with E-state index in [-0.39, 0.29) is 111 Å². The van der Waals surface area contributed by atoms with Gasteiger partial charge in [-0.3, -0.25) is 57.2 Å². The van der Waals surface area contributed by atoms with Crippen LogP contribution in [0, 0.1) is 20.8 Å². The van der Waals surface area contributed by atoms with Gasteiger partial charge in [-0.25, -0.2) is 57.8 Å². The van der Waals surface area contributed by atoms with Gasteiger partial charge in [0, 0.05) is 117 Å². The van der Waals surface area contributed by atoms with Gasteiger partial charge >= 0.3 is 23.7 Å². The van der Waals surface area contributed by atoms with Crippen molar-refractivity contribution in [2.75, 3.05) is 49.8 Å². The third-order valence-corrected chi connectivity index (χ3v) is 20.8. The molecule has 3 aromatic carbocycles. The average Bonchev–Trinajstić information content (AvgIpc) is 1.64. The summed E-state index contributed by atoms with van der Waals surface area (Å²) < 4.78 is 57.7. The molecule has 5 amide bonds. The summed E-state index contributed by atoms with van der Waals surface area (Å²) in [4.78, 5) is 161. The van der Waals surface area contributed by atoms with E-state index in [1.165, 1.54) is 71.2 Å². The van der Waals surface area contributed by atoms with Gasteiger partial charge in [-0.1, -0.05) is 56.0 Å². The Hall–Kier alpha value is -12.3. The fraction of sp³-hybridized carbons (Fsp3) is 0.313. The molecule has 12 heterocycles. The number of carboxylic acids is 1. The van der Waals surface area contributed by atoms with Crippen LogP contribution in [0.15, 0.2) is 147 Å². The third-order valence-electron chi connectivity index (χ3n) is 19.5. The number of ether oxygens (including phenoxy) is 2. The van der Waals surface area contributed by atoms with Gasteiger partial charge in [-0.05, 0) is 157 Å². The summed E-state index contributed by atoms with van der Waals surface area (Å²) in [6.07, 6.45) is 5.65. The van der Waals surface area contributed by atoms with Crippen molar-refractivity contribution in [2.45, 2.75) is 137 Å². The molecule has 3 aliphatic heterocycles. The van der Waals surface area contributed by atoms with E-state index in [0.29, 0.717) is 80.7 Å². The van der Waals surface area contributed by atoms with Crippen LogP contribution in [0.4, 0.5) is 30.6 Å². The second-order valence-electron chi connectivity index (χ2n) is 30.0. The van der Waals surface area contributed by atoms with Gasteiger partial charge in [0.25, 0.3) is 0 Å². The molecule has 0 saturated carbocycles. The minimum absolute atomic E-state index is 0.129. The quantitative estimate of drug-likeness (QED) is 0.0179. The molecule has 652 valence electrons. The van der Waals surface area contributed by atoms with Crippen LogP contribution in [-0.4, -0.2) is 220 Å². The third kappa shape index (κ3) is 24.0. The van der Waals surface area contributed by atoms with Crippen molar-refractivity contribution >= 4 is 169 Å². The summed E-state index contributed by atoms with van der Waals surface area (Å²) in [5.41, 5.74) is 8.37. The van der Waals surface area contributed by atoms with E-state index in [2.05, 4.69) is 149 Å². The first-order chi connectivity index (χ1) is 59.3. The van der Waals surface area contributed by atoms with E-state index in [4.69, 9.17) is 25.7 Å². The number of methoxy groups -OCH3 is 2. The standard InChI is InChI=1S/C27H25BrFN7O4.C26H23BrFN7O4.C16H14N4O4.C11H13BrFN3O.C3H9ClSi/c1-14-4-7-22(28)32-25(14)33-26(39)21-9-18(29)12-35(21)23(38)13-36-20-6-5-16(8-19(20)24(34-36)15(2)37)17-10-30-27(40-3)31-11-17;1-13-3-6-21(27)31-24(13)32-25(38)20-8-17(28)11-34(20)22(37)12-35-19-5-4-15(16-9-29-26(39)30-10-16)7-18(19)23(33-35)14(2)36;1-9(21)15-12-5-10(11-6-17-16(24-2)18-7-11)3-4-13(12)20(19-15)8-14(22)23;1-6-2-3-9(12)15-10(6)16-11(17)8-4-7(13)5-14-8;1-5(2,3)4/h4-8,10-11,18,21H,9,12-13H2,1-3H3,(H,32,33,39);3-7,9-10,17,20H,8,11-12H2,1-2H3,(H,29,30,39)(H,31,32,38);3-7H,8H2,1-2H3,(H,22,23);2-3,7-8,14H,4-5H2,1H3,(H,15,16,17);1-3H3/t18-,21+;17-,20+;;7-,8+;/m11.1./s1. The molecule has 0 unspecified atom stereocenters. The molecule has 15 rings (SSSR count). The van der Waals surface area contributed by atoms with Gasteiger partial charge in [0.15, 0.2) is 17.3 Å². The number of aromatic amines is 1. The molecule has 0 bridgehead atoms. The number of anilines is 3. The lowest BCUT2D eigenvalue weighted by Gasteiger charge is -2.24. The first-order valence-corrected chi connectivity index (χ1v) is 45.5. The maximum Gasteiger partial charge on any atom is 0.344 e. The Labute approximate surface area is 742 Å². The minimum atomic E-state index is -1.36. The number of hydrogen-bond acceptors (Lipinski definition) is 24. The van der Waals surface area contributed by atoms with Crippen LogP contribution in [0.5, 0.6) is 12.0 Å². The lowest BCUT2D eigenvalue weighted by Crippen LogP contribution is -2.44. The van der Waals surface area contributed by atoms with Gasteiger partial charge in [-0.15, -0.1) is 0 Å². The van der Waals surface area contributed by atoms with Gasteiger partial charge in [-0.2, -0.15) is 26.4 Å². The van der Waals surface area contributed by atoms with Gasteiger partial charge < -0.3 is 50.6 Å². The molecule has 0 spiro atoms. The fourth-order valence-corrected chi connectivity index (χ4v) is 14.4. The topological polar surface area (TPSA) is 436 Å². The largest absolute Gasteiger partial charge is 0.480 e. The summed E-state index contributed by atoms with van der Waals surface area (Å²) in [5, 5.41) is 34.5. The number of carbonyl (C=O) groups is 9. The molecular weight excluding hydrogens is 1860 g/mol. The maximum atomic E-state index is 14.5. The first-order valence-electron chi connectivity index (χ1n) is 38.6. The van der Waals surface area contributed by atoms with Crippen LogP contribution in [0.1, 0.15) is 88.2 Å². The molecule has 6 atom stereocenters. The average molecular weight is 1940 g/mol. The van der Waals surface area contributed by atoms with E-state index in [9.17, 15) is 61.1 Å². The molecular formula is C83H84Br3ClF3N21O13Si. The number of amides is 5. The Bertz CT molecular complexity index is 6160. The van der Waals surface area contributed by atoms with Crippen molar-refractivity contribution in [1.29, 1.82) is 0 Å². The molecule has 42 heteroatoms. The Morgan fingerprint density at radius 1 is 0.496 bits per heavy atom. The number of nitrogens with one attached hydrogen (secondary N) is 5. The summed E-state index contributed by atoms with van der Waals surface area (Å²) in [6.45, 7) is 14.8. The smallest absolute Gasteiger partial charge is 0.344 e. The molecule has 0 radical (unpaired) electrons. The summed E-state index contributed by atoms with van der Waals surface area (Å²) >= 11 is 15.5. The number of carboxylic acid groups (broad SMARTS) is 1. The molecule has 0 aliphatic carbocycles. The Balaban J connectivity index is 0.000000166. The number of ketones is 3. The molecule has 34 nitrogen and oxygen atoms in total. The van der Waals surface area contributed by atoms with Crippen LogP contribution < -0.4 is 36.4 Å². The Kier molecular flexibility index (Phi) is 30.6. The van der Waals surface area contributed by atoms with Crippen LogP contribution >= 0.6 is 58.9 Å². The van der Waals surface area contributed by atoms with Crippen molar-refractivity contribution in [1.82, 2.24) is 89.3 Å².